The van der Waals surface area contributed by atoms with E-state index in [9.17, 15) is 0 Å². The Hall–Kier alpha value is -0.970. The van der Waals surface area contributed by atoms with E-state index in [0.29, 0.717) is 5.70 Å². The number of allylic oxidation sites excluding steroid dienone is 1. The highest BCUT2D eigenvalue weighted by molar-refractivity contribution is 4.97. The highest BCUT2D eigenvalue weighted by atomic mass is 14.7. The van der Waals surface area contributed by atoms with Crippen LogP contribution >= 0.6 is 0 Å². The lowest BCUT2D eigenvalue weighted by Gasteiger charge is -1.75. The van der Waals surface area contributed by atoms with Crippen molar-refractivity contribution in [2.75, 3.05) is 0 Å². The third-order valence-corrected chi connectivity index (χ3v) is 0.268. The predicted molar refractivity (Wildman–Crippen MR) is 24.5 cm³/mol. The van der Waals surface area contributed by atoms with Gasteiger partial charge in [0.15, 0.2) is 6.20 Å². The van der Waals surface area contributed by atoms with Crippen LogP contribution in [-0.4, -0.2) is 0 Å². The van der Waals surface area contributed by atoms with Crippen molar-refractivity contribution >= 4 is 0 Å². The van der Waals surface area contributed by atoms with Crippen molar-refractivity contribution in [1.29, 1.82) is 0 Å². The normalized spacial score (nSPS) is 10.3. The highest BCUT2D eigenvalue weighted by Gasteiger charge is 1.65. The molecule has 0 spiro atoms. The first kappa shape index (κ1) is 5.03. The van der Waals surface area contributed by atoms with Gasteiger partial charge in [-0.1, -0.05) is 0 Å². The summed E-state index contributed by atoms with van der Waals surface area (Å²) in [6, 6.07) is 0. The molecule has 0 saturated heterocycles. The molecule has 0 saturated carbocycles. The van der Waals surface area contributed by atoms with Gasteiger partial charge in [-0.05, 0) is 6.92 Å². The second-order valence-electron chi connectivity index (χ2n) is 1.00. The van der Waals surface area contributed by atoms with Crippen LogP contribution in [0.4, 0.5) is 0 Å². The van der Waals surface area contributed by atoms with E-state index in [2.05, 4.69) is 4.85 Å². The van der Waals surface area contributed by atoms with Crippen molar-refractivity contribution in [3.63, 3.8) is 0 Å². The molecule has 2 heteroatoms. The van der Waals surface area contributed by atoms with Crippen molar-refractivity contribution in [2.24, 2.45) is 5.73 Å². The molecular formula is C4H6N2. The maximum absolute atomic E-state index is 6.20. The summed E-state index contributed by atoms with van der Waals surface area (Å²) in [6.07, 6.45) is 1.28. The summed E-state index contributed by atoms with van der Waals surface area (Å²) in [7, 11) is 0. The molecule has 0 rings (SSSR count). The van der Waals surface area contributed by atoms with E-state index in [1.54, 1.807) is 6.92 Å². The Labute approximate surface area is 37.1 Å². The Bertz CT molecular complexity index is 92.6. The van der Waals surface area contributed by atoms with E-state index < -0.39 is 0 Å². The SMILES string of the molecule is [C-]#[N+]/C=C(\C)N. The van der Waals surface area contributed by atoms with E-state index in [4.69, 9.17) is 12.3 Å². The van der Waals surface area contributed by atoms with Crippen LogP contribution in [0.2, 0.25) is 0 Å². The lowest BCUT2D eigenvalue weighted by atomic mass is 10.6. The zero-order chi connectivity index (χ0) is 4.99. The molecule has 0 aromatic rings. The van der Waals surface area contributed by atoms with Crippen molar-refractivity contribution in [3.8, 4) is 0 Å². The van der Waals surface area contributed by atoms with E-state index in [0.717, 1.165) is 0 Å². The van der Waals surface area contributed by atoms with Crippen LogP contribution in [0.15, 0.2) is 11.9 Å². The second kappa shape index (κ2) is 2.28. The van der Waals surface area contributed by atoms with Crippen LogP contribution in [0.3, 0.4) is 0 Å². The standard InChI is InChI=1S/C4H6N2/c1-4(5)3-6-2/h3H,5H2,1H3/b4-3+. The zero-order valence-corrected chi connectivity index (χ0v) is 3.60. The minimum atomic E-state index is 0.560. The van der Waals surface area contributed by atoms with Gasteiger partial charge in [0, 0.05) is 5.70 Å². The fourth-order valence-corrected chi connectivity index (χ4v) is 0.102. The van der Waals surface area contributed by atoms with Gasteiger partial charge in [0.05, 0.1) is 6.57 Å². The minimum Gasteiger partial charge on any atom is -0.411 e. The summed E-state index contributed by atoms with van der Waals surface area (Å²) in [4.78, 5) is 2.90. The van der Waals surface area contributed by atoms with Gasteiger partial charge in [0.1, 0.15) is 0 Å². The van der Waals surface area contributed by atoms with Crippen LogP contribution in [0.5, 0.6) is 0 Å². The largest absolute Gasteiger partial charge is 0.411 e. The average molecular weight is 82.1 g/mol. The van der Waals surface area contributed by atoms with Crippen molar-refractivity contribution in [3.05, 3.63) is 23.3 Å². The quantitative estimate of drug-likeness (QED) is 0.429. The van der Waals surface area contributed by atoms with Gasteiger partial charge in [0.25, 0.3) is 0 Å². The first-order valence-electron chi connectivity index (χ1n) is 1.56. The molecular weight excluding hydrogens is 76.1 g/mol. The molecule has 2 N–H and O–H groups in total. The summed E-state index contributed by atoms with van der Waals surface area (Å²) < 4.78 is 0. The molecule has 0 radical (unpaired) electrons. The van der Waals surface area contributed by atoms with E-state index >= 15 is 0 Å². The fraction of sp³-hybridized carbons (Fsp3) is 0.250. The Morgan fingerprint density at radius 2 is 2.50 bits per heavy atom. The molecule has 0 aromatic carbocycles. The zero-order valence-electron chi connectivity index (χ0n) is 3.60. The predicted octanol–water partition coefficient (Wildman–Crippen LogP) is 0.726. The van der Waals surface area contributed by atoms with Crippen molar-refractivity contribution < 1.29 is 0 Å². The Morgan fingerprint density at radius 3 is 2.50 bits per heavy atom. The lowest BCUT2D eigenvalue weighted by molar-refractivity contribution is 1.32. The van der Waals surface area contributed by atoms with Crippen LogP contribution in [0, 0.1) is 6.57 Å². The number of rotatable bonds is 0. The van der Waals surface area contributed by atoms with E-state index in [1.807, 2.05) is 0 Å². The molecule has 6 heavy (non-hydrogen) atoms. The van der Waals surface area contributed by atoms with Crippen LogP contribution in [-0.2, 0) is 0 Å². The number of nitrogens with two attached hydrogens (primary N) is 1. The third kappa shape index (κ3) is 3.03. The number of nitrogens with zero attached hydrogens (tertiary/aromatic N) is 1. The molecule has 0 aliphatic heterocycles. The highest BCUT2D eigenvalue weighted by Crippen LogP contribution is 1.76. The molecule has 0 atom stereocenters. The summed E-state index contributed by atoms with van der Waals surface area (Å²) >= 11 is 0. The van der Waals surface area contributed by atoms with Crippen LogP contribution in [0.1, 0.15) is 6.92 Å². The summed E-state index contributed by atoms with van der Waals surface area (Å²) in [6.45, 7) is 7.88. The number of hydrogen-bond donors (Lipinski definition) is 1. The number of hydrogen-bond acceptors (Lipinski definition) is 1. The average Bonchev–Trinajstić information content (AvgIpc) is 1.35. The minimum absolute atomic E-state index is 0.560. The molecule has 32 valence electrons. The lowest BCUT2D eigenvalue weighted by Crippen LogP contribution is -1.86. The molecule has 0 aliphatic rings. The van der Waals surface area contributed by atoms with Gasteiger partial charge >= 0.3 is 0 Å². The van der Waals surface area contributed by atoms with E-state index in [-0.39, 0.29) is 0 Å². The second-order valence-corrected chi connectivity index (χ2v) is 1.00. The van der Waals surface area contributed by atoms with Crippen molar-refractivity contribution in [1.82, 2.24) is 0 Å². The van der Waals surface area contributed by atoms with Crippen LogP contribution in [0.25, 0.3) is 4.85 Å². The van der Waals surface area contributed by atoms with E-state index in [1.165, 1.54) is 6.20 Å². The molecule has 2 nitrogen and oxygen atoms in total. The molecule has 0 aliphatic carbocycles. The Kier molecular flexibility index (Phi) is 1.91. The van der Waals surface area contributed by atoms with Crippen LogP contribution < -0.4 is 5.73 Å². The first-order chi connectivity index (χ1) is 2.77. The molecule has 0 unspecified atom stereocenters. The smallest absolute Gasteiger partial charge is 0.171 e. The Morgan fingerprint density at radius 1 is 2.00 bits per heavy atom. The summed E-state index contributed by atoms with van der Waals surface area (Å²) in [5, 5.41) is 0. The summed E-state index contributed by atoms with van der Waals surface area (Å²) in [5.74, 6) is 0. The van der Waals surface area contributed by atoms with Gasteiger partial charge in [-0.2, -0.15) is 0 Å². The molecule has 0 bridgehead atoms. The van der Waals surface area contributed by atoms with Gasteiger partial charge < -0.3 is 5.73 Å². The molecule has 0 aromatic heterocycles. The molecule has 0 amide bonds. The molecule has 0 fully saturated rings. The summed E-state index contributed by atoms with van der Waals surface area (Å²) in [5.41, 5.74) is 5.61. The van der Waals surface area contributed by atoms with Gasteiger partial charge in [0.2, 0.25) is 0 Å². The maximum Gasteiger partial charge on any atom is 0.171 e. The fourth-order valence-electron chi connectivity index (χ4n) is 0.102. The third-order valence-electron chi connectivity index (χ3n) is 0.268. The monoisotopic (exact) mass is 82.1 g/mol. The van der Waals surface area contributed by atoms with Gasteiger partial charge in [-0.25, -0.2) is 4.85 Å². The Balaban J connectivity index is 3.51. The topological polar surface area (TPSA) is 30.4 Å². The molecule has 0 heterocycles. The first-order valence-corrected chi connectivity index (χ1v) is 1.56. The van der Waals surface area contributed by atoms with Crippen molar-refractivity contribution in [2.45, 2.75) is 6.92 Å². The maximum atomic E-state index is 6.20. The van der Waals surface area contributed by atoms with Gasteiger partial charge in [-0.15, -0.1) is 0 Å². The van der Waals surface area contributed by atoms with Gasteiger partial charge in [-0.3, -0.25) is 0 Å².